The summed E-state index contributed by atoms with van der Waals surface area (Å²) in [6.45, 7) is 2.01. The molecule has 1 aromatic carbocycles. The molecule has 0 fully saturated rings. The van der Waals surface area contributed by atoms with Crippen LogP contribution in [0.3, 0.4) is 0 Å². The van der Waals surface area contributed by atoms with Crippen LogP contribution in [0.25, 0.3) is 0 Å². The molecule has 96 valence electrons. The molecule has 0 amide bonds. The number of benzene rings is 1. The summed E-state index contributed by atoms with van der Waals surface area (Å²) in [6, 6.07) is 7.85. The molecule has 2 aromatic rings. The van der Waals surface area contributed by atoms with Gasteiger partial charge in [-0.3, -0.25) is 0 Å². The fourth-order valence-corrected chi connectivity index (χ4v) is 2.10. The van der Waals surface area contributed by atoms with Gasteiger partial charge in [-0.1, -0.05) is 12.1 Å². The van der Waals surface area contributed by atoms with E-state index < -0.39 is 6.10 Å². The molecule has 0 aliphatic carbocycles. The van der Waals surface area contributed by atoms with Gasteiger partial charge in [-0.15, -0.1) is 0 Å². The summed E-state index contributed by atoms with van der Waals surface area (Å²) in [6.07, 6.45) is 0.725. The van der Waals surface area contributed by atoms with Crippen molar-refractivity contribution < 1.29 is 13.9 Å². The first-order valence-electron chi connectivity index (χ1n) is 5.81. The normalized spacial score (nSPS) is 14.4. The van der Waals surface area contributed by atoms with Crippen LogP contribution >= 0.6 is 0 Å². The lowest BCUT2D eigenvalue weighted by Gasteiger charge is -2.21. The van der Waals surface area contributed by atoms with E-state index >= 15 is 0 Å². The Labute approximate surface area is 105 Å². The van der Waals surface area contributed by atoms with Gasteiger partial charge in [-0.2, -0.15) is 0 Å². The Kier molecular flexibility index (Phi) is 3.79. The van der Waals surface area contributed by atoms with Crippen LogP contribution in [0.15, 0.2) is 41.0 Å². The number of aliphatic hydroxyl groups excluding tert-OH is 1. The van der Waals surface area contributed by atoms with Crippen LogP contribution in [-0.2, 0) is 0 Å². The van der Waals surface area contributed by atoms with Crippen LogP contribution in [0.2, 0.25) is 0 Å². The number of aryl methyl sites for hydroxylation is 1. The summed E-state index contributed by atoms with van der Waals surface area (Å²) < 4.78 is 18.4. The maximum Gasteiger partial charge on any atom is 0.123 e. The van der Waals surface area contributed by atoms with E-state index in [4.69, 9.17) is 10.2 Å². The first-order valence-corrected chi connectivity index (χ1v) is 5.81. The van der Waals surface area contributed by atoms with Crippen molar-refractivity contribution in [1.82, 2.24) is 0 Å². The van der Waals surface area contributed by atoms with E-state index in [9.17, 15) is 9.50 Å². The Hall–Kier alpha value is -1.65. The van der Waals surface area contributed by atoms with Crippen molar-refractivity contribution in [1.29, 1.82) is 0 Å². The van der Waals surface area contributed by atoms with Gasteiger partial charge in [-0.25, -0.2) is 4.39 Å². The zero-order valence-corrected chi connectivity index (χ0v) is 10.1. The predicted molar refractivity (Wildman–Crippen MR) is 66.6 cm³/mol. The number of halogens is 1. The van der Waals surface area contributed by atoms with Gasteiger partial charge in [-0.05, 0) is 30.7 Å². The number of rotatable bonds is 4. The van der Waals surface area contributed by atoms with Crippen LogP contribution in [-0.4, -0.2) is 11.7 Å². The third kappa shape index (κ3) is 2.44. The van der Waals surface area contributed by atoms with Gasteiger partial charge >= 0.3 is 0 Å². The highest BCUT2D eigenvalue weighted by Crippen LogP contribution is 2.32. The van der Waals surface area contributed by atoms with Crippen molar-refractivity contribution in [3.8, 4) is 0 Å². The third-order valence-corrected chi connectivity index (χ3v) is 3.13. The summed E-state index contributed by atoms with van der Waals surface area (Å²) >= 11 is 0. The van der Waals surface area contributed by atoms with Crippen LogP contribution in [0.5, 0.6) is 0 Å². The molecule has 0 saturated heterocycles. The molecule has 0 saturated carbocycles. The van der Waals surface area contributed by atoms with E-state index in [1.807, 2.05) is 0 Å². The van der Waals surface area contributed by atoms with Crippen molar-refractivity contribution in [2.45, 2.75) is 18.9 Å². The van der Waals surface area contributed by atoms with Crippen molar-refractivity contribution in [3.05, 3.63) is 59.3 Å². The number of aliphatic hydroxyl groups is 1. The van der Waals surface area contributed by atoms with E-state index in [-0.39, 0.29) is 18.3 Å². The first-order chi connectivity index (χ1) is 8.63. The summed E-state index contributed by atoms with van der Waals surface area (Å²) in [5, 5.41) is 10.3. The second kappa shape index (κ2) is 5.33. The lowest BCUT2D eigenvalue weighted by molar-refractivity contribution is 0.145. The van der Waals surface area contributed by atoms with Gasteiger partial charge in [0.15, 0.2) is 0 Å². The number of hydrogen-bond acceptors (Lipinski definition) is 3. The molecule has 2 rings (SSSR count). The molecule has 0 bridgehead atoms. The quantitative estimate of drug-likeness (QED) is 0.875. The van der Waals surface area contributed by atoms with Crippen LogP contribution < -0.4 is 5.73 Å². The van der Waals surface area contributed by atoms with Crippen molar-refractivity contribution in [3.63, 3.8) is 0 Å². The molecule has 0 aliphatic rings. The topological polar surface area (TPSA) is 59.4 Å². The first kappa shape index (κ1) is 12.8. The largest absolute Gasteiger partial charge is 0.469 e. The second-order valence-electron chi connectivity index (χ2n) is 4.27. The highest BCUT2D eigenvalue weighted by atomic mass is 19.1. The average Bonchev–Trinajstić information content (AvgIpc) is 2.76. The molecular formula is C14H16FNO2. The van der Waals surface area contributed by atoms with Crippen molar-refractivity contribution in [2.24, 2.45) is 5.73 Å². The monoisotopic (exact) mass is 249 g/mol. The maximum atomic E-state index is 13.2. The molecule has 1 aromatic heterocycles. The van der Waals surface area contributed by atoms with E-state index in [0.29, 0.717) is 16.9 Å². The van der Waals surface area contributed by atoms with Gasteiger partial charge in [0, 0.05) is 18.0 Å². The zero-order valence-electron chi connectivity index (χ0n) is 10.1. The molecule has 0 aliphatic heterocycles. The molecule has 3 nitrogen and oxygen atoms in total. The van der Waals surface area contributed by atoms with Crippen LogP contribution in [0.4, 0.5) is 4.39 Å². The number of hydrogen-bond donors (Lipinski definition) is 2. The molecule has 2 unspecified atom stereocenters. The minimum Gasteiger partial charge on any atom is -0.469 e. The lowest BCUT2D eigenvalue weighted by Crippen LogP contribution is -2.20. The SMILES string of the molecule is Cc1occc1C(O)C(CN)c1cccc(F)c1. The minimum atomic E-state index is -0.796. The summed E-state index contributed by atoms with van der Waals surface area (Å²) in [4.78, 5) is 0. The lowest BCUT2D eigenvalue weighted by atomic mass is 9.89. The van der Waals surface area contributed by atoms with Crippen LogP contribution in [0.1, 0.15) is 28.9 Å². The Bertz CT molecular complexity index is 524. The Balaban J connectivity index is 2.32. The molecule has 0 spiro atoms. The highest BCUT2D eigenvalue weighted by molar-refractivity contribution is 5.28. The third-order valence-electron chi connectivity index (χ3n) is 3.13. The Morgan fingerprint density at radius 2 is 2.17 bits per heavy atom. The van der Waals surface area contributed by atoms with E-state index in [0.717, 1.165) is 0 Å². The van der Waals surface area contributed by atoms with Crippen molar-refractivity contribution >= 4 is 0 Å². The van der Waals surface area contributed by atoms with Crippen molar-refractivity contribution in [2.75, 3.05) is 6.54 Å². The zero-order chi connectivity index (χ0) is 13.1. The van der Waals surface area contributed by atoms with Crippen LogP contribution in [0, 0.1) is 12.7 Å². The van der Waals surface area contributed by atoms with Gasteiger partial charge < -0.3 is 15.3 Å². The summed E-state index contributed by atoms with van der Waals surface area (Å²) in [5.41, 5.74) is 7.07. The molecule has 3 N–H and O–H groups in total. The summed E-state index contributed by atoms with van der Waals surface area (Å²) in [7, 11) is 0. The summed E-state index contributed by atoms with van der Waals surface area (Å²) in [5.74, 6) is -0.0311. The van der Waals surface area contributed by atoms with E-state index in [2.05, 4.69) is 0 Å². The minimum absolute atomic E-state index is 0.231. The Morgan fingerprint density at radius 3 is 2.72 bits per heavy atom. The highest BCUT2D eigenvalue weighted by Gasteiger charge is 2.24. The van der Waals surface area contributed by atoms with E-state index in [1.54, 1.807) is 25.1 Å². The molecule has 4 heteroatoms. The fraction of sp³-hybridized carbons (Fsp3) is 0.286. The Morgan fingerprint density at radius 1 is 1.39 bits per heavy atom. The maximum absolute atomic E-state index is 13.2. The second-order valence-corrected chi connectivity index (χ2v) is 4.27. The standard InChI is InChI=1S/C14H16FNO2/c1-9-12(5-6-18-9)14(17)13(8-16)10-3-2-4-11(15)7-10/h2-7,13-14,17H,8,16H2,1H3. The van der Waals surface area contributed by atoms with E-state index in [1.165, 1.54) is 18.4 Å². The fourth-order valence-electron chi connectivity index (χ4n) is 2.10. The van der Waals surface area contributed by atoms with Gasteiger partial charge in [0.2, 0.25) is 0 Å². The predicted octanol–water partition coefficient (Wildman–Crippen LogP) is 2.50. The number of furan rings is 1. The molecule has 2 atom stereocenters. The smallest absolute Gasteiger partial charge is 0.123 e. The molecule has 0 radical (unpaired) electrons. The molecule has 18 heavy (non-hydrogen) atoms. The van der Waals surface area contributed by atoms with Gasteiger partial charge in [0.05, 0.1) is 12.4 Å². The molecular weight excluding hydrogens is 233 g/mol. The molecule has 1 heterocycles. The van der Waals surface area contributed by atoms with Gasteiger partial charge in [0.1, 0.15) is 11.6 Å². The average molecular weight is 249 g/mol. The number of nitrogens with two attached hydrogens (primary N) is 1. The van der Waals surface area contributed by atoms with Gasteiger partial charge in [0.25, 0.3) is 0 Å².